The van der Waals surface area contributed by atoms with Crippen LogP contribution in [-0.4, -0.2) is 83.6 Å². The SMILES string of the molecule is NC(N)=NCCCC(NC(=O)C1CCCN1)C(=O)NC(CC(=O)O)C(=O)NCC(=O)O. The summed E-state index contributed by atoms with van der Waals surface area (Å²) < 4.78 is 0. The number of nitrogens with one attached hydrogen (secondary N) is 4. The third kappa shape index (κ3) is 10.3. The van der Waals surface area contributed by atoms with Crippen LogP contribution >= 0.6 is 0 Å². The highest BCUT2D eigenvalue weighted by atomic mass is 16.4. The van der Waals surface area contributed by atoms with E-state index in [-0.39, 0.29) is 18.9 Å². The first-order valence-corrected chi connectivity index (χ1v) is 9.71. The lowest BCUT2D eigenvalue weighted by Crippen LogP contribution is -2.56. The molecule has 3 amide bonds. The summed E-state index contributed by atoms with van der Waals surface area (Å²) in [5, 5.41) is 27.6. The van der Waals surface area contributed by atoms with Crippen molar-refractivity contribution in [1.82, 2.24) is 21.3 Å². The number of carboxylic acids is 2. The molecule has 14 heteroatoms. The van der Waals surface area contributed by atoms with E-state index in [9.17, 15) is 24.0 Å². The molecule has 31 heavy (non-hydrogen) atoms. The first-order chi connectivity index (χ1) is 14.6. The Labute approximate surface area is 178 Å². The van der Waals surface area contributed by atoms with Crippen LogP contribution in [0.15, 0.2) is 4.99 Å². The van der Waals surface area contributed by atoms with Gasteiger partial charge >= 0.3 is 11.9 Å². The van der Waals surface area contributed by atoms with Gasteiger partial charge in [0.2, 0.25) is 17.7 Å². The fourth-order valence-electron chi connectivity index (χ4n) is 2.90. The molecule has 1 aliphatic heterocycles. The minimum Gasteiger partial charge on any atom is -0.481 e. The van der Waals surface area contributed by atoms with E-state index in [0.29, 0.717) is 19.4 Å². The quantitative estimate of drug-likeness (QED) is 0.0791. The van der Waals surface area contributed by atoms with Gasteiger partial charge in [-0.2, -0.15) is 0 Å². The van der Waals surface area contributed by atoms with E-state index in [1.807, 2.05) is 5.32 Å². The normalized spacial score (nSPS) is 17.1. The van der Waals surface area contributed by atoms with Gasteiger partial charge < -0.3 is 42.9 Å². The number of hydrogen-bond donors (Lipinski definition) is 8. The number of aliphatic carboxylic acids is 2. The van der Waals surface area contributed by atoms with Crippen molar-refractivity contribution >= 4 is 35.6 Å². The number of carboxylic acid groups (broad SMARTS) is 2. The number of nitrogens with zero attached hydrogens (tertiary/aromatic N) is 1. The second-order valence-electron chi connectivity index (χ2n) is 6.93. The Balaban J connectivity index is 2.84. The van der Waals surface area contributed by atoms with Crippen LogP contribution in [0.25, 0.3) is 0 Å². The average molecular weight is 443 g/mol. The number of carbonyl (C=O) groups is 5. The molecule has 0 spiro atoms. The molecule has 10 N–H and O–H groups in total. The van der Waals surface area contributed by atoms with E-state index >= 15 is 0 Å². The van der Waals surface area contributed by atoms with Gasteiger partial charge in [0.25, 0.3) is 0 Å². The third-order valence-electron chi connectivity index (χ3n) is 4.38. The minimum absolute atomic E-state index is 0.123. The molecule has 3 unspecified atom stereocenters. The predicted octanol–water partition coefficient (Wildman–Crippen LogP) is -3.56. The molecule has 1 rings (SSSR count). The Morgan fingerprint density at radius 2 is 1.74 bits per heavy atom. The largest absolute Gasteiger partial charge is 0.481 e. The lowest BCUT2D eigenvalue weighted by Gasteiger charge is -2.23. The van der Waals surface area contributed by atoms with Crippen LogP contribution in [-0.2, 0) is 24.0 Å². The van der Waals surface area contributed by atoms with Gasteiger partial charge in [-0.1, -0.05) is 0 Å². The molecule has 3 atom stereocenters. The number of amides is 3. The first kappa shape index (κ1) is 25.6. The fraction of sp³-hybridized carbons (Fsp3) is 0.647. The third-order valence-corrected chi connectivity index (χ3v) is 4.38. The number of guanidine groups is 1. The second-order valence-corrected chi connectivity index (χ2v) is 6.93. The van der Waals surface area contributed by atoms with Gasteiger partial charge in [0.15, 0.2) is 5.96 Å². The molecule has 0 bridgehead atoms. The van der Waals surface area contributed by atoms with Crippen molar-refractivity contribution in [3.63, 3.8) is 0 Å². The van der Waals surface area contributed by atoms with Gasteiger partial charge in [0.1, 0.15) is 18.6 Å². The monoisotopic (exact) mass is 443 g/mol. The Morgan fingerprint density at radius 3 is 2.29 bits per heavy atom. The van der Waals surface area contributed by atoms with E-state index in [0.717, 1.165) is 6.42 Å². The highest BCUT2D eigenvalue weighted by Crippen LogP contribution is 2.07. The molecule has 0 aromatic rings. The van der Waals surface area contributed by atoms with Gasteiger partial charge in [0, 0.05) is 6.54 Å². The Hall–Kier alpha value is -3.42. The molecule has 14 nitrogen and oxygen atoms in total. The summed E-state index contributed by atoms with van der Waals surface area (Å²) in [7, 11) is 0. The molecule has 1 heterocycles. The zero-order valence-electron chi connectivity index (χ0n) is 16.9. The molecule has 1 fully saturated rings. The number of carbonyl (C=O) groups excluding carboxylic acids is 3. The predicted molar refractivity (Wildman–Crippen MR) is 108 cm³/mol. The van der Waals surface area contributed by atoms with Crippen molar-refractivity contribution < 1.29 is 34.2 Å². The van der Waals surface area contributed by atoms with Crippen LogP contribution in [0.3, 0.4) is 0 Å². The molecule has 174 valence electrons. The number of hydrogen-bond acceptors (Lipinski definition) is 7. The van der Waals surface area contributed by atoms with Gasteiger partial charge in [0.05, 0.1) is 12.5 Å². The number of aliphatic imine (C=N–C) groups is 1. The van der Waals surface area contributed by atoms with Gasteiger partial charge in [-0.05, 0) is 32.2 Å². The van der Waals surface area contributed by atoms with Crippen molar-refractivity contribution in [3.8, 4) is 0 Å². The molecule has 0 radical (unpaired) electrons. The van der Waals surface area contributed by atoms with Crippen LogP contribution in [0.5, 0.6) is 0 Å². The maximum absolute atomic E-state index is 12.7. The standard InChI is InChI=1S/C17H29N7O7/c18-17(19)21-6-2-4-10(23-15(30)9-3-1-5-20-9)16(31)24-11(7-12(25)26)14(29)22-8-13(27)28/h9-11,20H,1-8H2,(H,22,29)(H,23,30)(H,24,31)(H,25,26)(H,27,28)(H4,18,19,21). The molecule has 0 aliphatic carbocycles. The zero-order valence-corrected chi connectivity index (χ0v) is 16.9. The Kier molecular flexibility index (Phi) is 10.7. The minimum atomic E-state index is -1.52. The van der Waals surface area contributed by atoms with Crippen LogP contribution in [0.1, 0.15) is 32.1 Å². The highest BCUT2D eigenvalue weighted by molar-refractivity contribution is 5.95. The van der Waals surface area contributed by atoms with E-state index in [1.54, 1.807) is 0 Å². The molecule has 0 aromatic carbocycles. The van der Waals surface area contributed by atoms with Crippen LogP contribution in [0.4, 0.5) is 0 Å². The first-order valence-electron chi connectivity index (χ1n) is 9.71. The number of rotatable bonds is 13. The molecule has 0 aromatic heterocycles. The van der Waals surface area contributed by atoms with Crippen LogP contribution < -0.4 is 32.7 Å². The van der Waals surface area contributed by atoms with E-state index in [1.165, 1.54) is 0 Å². The summed E-state index contributed by atoms with van der Waals surface area (Å²) >= 11 is 0. The van der Waals surface area contributed by atoms with Crippen molar-refractivity contribution in [2.45, 2.75) is 50.2 Å². The Morgan fingerprint density at radius 1 is 1.03 bits per heavy atom. The summed E-state index contributed by atoms with van der Waals surface area (Å²) in [5.41, 5.74) is 10.5. The van der Waals surface area contributed by atoms with E-state index < -0.39 is 60.8 Å². The summed E-state index contributed by atoms with van der Waals surface area (Å²) in [5.74, 6) is -4.99. The van der Waals surface area contributed by atoms with Gasteiger partial charge in [-0.15, -0.1) is 0 Å². The molecular weight excluding hydrogens is 414 g/mol. The summed E-state index contributed by atoms with van der Waals surface area (Å²) in [4.78, 5) is 62.8. The lowest BCUT2D eigenvalue weighted by molar-refractivity contribution is -0.141. The molecular formula is C17H29N7O7. The maximum Gasteiger partial charge on any atom is 0.322 e. The maximum atomic E-state index is 12.7. The van der Waals surface area contributed by atoms with Gasteiger partial charge in [-0.3, -0.25) is 29.0 Å². The second kappa shape index (κ2) is 13.0. The zero-order chi connectivity index (χ0) is 23.4. The topological polar surface area (TPSA) is 238 Å². The average Bonchev–Trinajstić information content (AvgIpc) is 3.22. The van der Waals surface area contributed by atoms with E-state index in [2.05, 4.69) is 20.9 Å². The Bertz CT molecular complexity index is 703. The van der Waals surface area contributed by atoms with Crippen molar-refractivity contribution in [2.75, 3.05) is 19.6 Å². The van der Waals surface area contributed by atoms with Crippen molar-refractivity contribution in [2.24, 2.45) is 16.5 Å². The summed E-state index contributed by atoms with van der Waals surface area (Å²) in [6.45, 7) is 0.127. The lowest BCUT2D eigenvalue weighted by atomic mass is 10.1. The molecule has 1 aliphatic rings. The van der Waals surface area contributed by atoms with Crippen LogP contribution in [0.2, 0.25) is 0 Å². The van der Waals surface area contributed by atoms with Crippen molar-refractivity contribution in [1.29, 1.82) is 0 Å². The fourth-order valence-corrected chi connectivity index (χ4v) is 2.90. The summed E-state index contributed by atoms with van der Waals surface area (Å²) in [6, 6.07) is -3.06. The number of nitrogens with two attached hydrogens (primary N) is 2. The van der Waals surface area contributed by atoms with Crippen molar-refractivity contribution in [3.05, 3.63) is 0 Å². The molecule has 1 saturated heterocycles. The van der Waals surface area contributed by atoms with E-state index in [4.69, 9.17) is 21.7 Å². The summed E-state index contributed by atoms with van der Waals surface area (Å²) in [6.07, 6.45) is 1.09. The smallest absolute Gasteiger partial charge is 0.322 e. The van der Waals surface area contributed by atoms with Crippen LogP contribution in [0, 0.1) is 0 Å². The van der Waals surface area contributed by atoms with Gasteiger partial charge in [-0.25, -0.2) is 0 Å². The highest BCUT2D eigenvalue weighted by Gasteiger charge is 2.30. The molecule has 0 saturated carbocycles.